The van der Waals surface area contributed by atoms with Gasteiger partial charge < -0.3 is 4.90 Å². The van der Waals surface area contributed by atoms with Gasteiger partial charge in [0, 0.05) is 25.2 Å². The molecule has 4 heteroatoms. The van der Waals surface area contributed by atoms with Crippen LogP contribution in [0.2, 0.25) is 0 Å². The second kappa shape index (κ2) is 2.42. The topological polar surface area (TPSA) is 40.6 Å². The van der Waals surface area contributed by atoms with E-state index in [1.165, 1.54) is 17.1 Å². The predicted octanol–water partition coefficient (Wildman–Crippen LogP) is -0.775. The number of likely N-dealkylation sites (N-methyl/N-ethyl adjacent to an activating group) is 1. The van der Waals surface area contributed by atoms with Gasteiger partial charge in [0.25, 0.3) is 11.8 Å². The van der Waals surface area contributed by atoms with Crippen LogP contribution in [0.25, 0.3) is 0 Å². The standard InChI is InChI=1S/C8H10N2O2/c1-9-4-6(5-9)10-7(11)2-3-8(10)12/h2-3,6H,4-5H2,1H3. The Balaban J connectivity index is 2.05. The molecule has 0 N–H and O–H groups in total. The predicted molar refractivity (Wildman–Crippen MR) is 42.3 cm³/mol. The van der Waals surface area contributed by atoms with Gasteiger partial charge in [-0.15, -0.1) is 0 Å². The summed E-state index contributed by atoms with van der Waals surface area (Å²) >= 11 is 0. The Morgan fingerprint density at radius 1 is 1.25 bits per heavy atom. The molecular weight excluding hydrogens is 156 g/mol. The van der Waals surface area contributed by atoms with Gasteiger partial charge >= 0.3 is 0 Å². The third kappa shape index (κ3) is 0.956. The van der Waals surface area contributed by atoms with Gasteiger partial charge in [0.15, 0.2) is 0 Å². The highest BCUT2D eigenvalue weighted by Gasteiger charge is 2.37. The second-order valence-corrected chi connectivity index (χ2v) is 3.25. The fourth-order valence-electron chi connectivity index (χ4n) is 1.60. The largest absolute Gasteiger partial charge is 0.302 e. The summed E-state index contributed by atoms with van der Waals surface area (Å²) in [5.41, 5.74) is 0. The zero-order valence-electron chi connectivity index (χ0n) is 6.86. The van der Waals surface area contributed by atoms with E-state index in [9.17, 15) is 9.59 Å². The molecule has 0 atom stereocenters. The monoisotopic (exact) mass is 166 g/mol. The maximum absolute atomic E-state index is 11.1. The van der Waals surface area contributed by atoms with Gasteiger partial charge in [-0.25, -0.2) is 0 Å². The first kappa shape index (κ1) is 7.49. The first-order valence-electron chi connectivity index (χ1n) is 3.92. The third-order valence-electron chi connectivity index (χ3n) is 2.25. The van der Waals surface area contributed by atoms with Crippen molar-refractivity contribution in [2.75, 3.05) is 20.1 Å². The summed E-state index contributed by atoms with van der Waals surface area (Å²) in [4.78, 5) is 25.7. The quantitative estimate of drug-likeness (QED) is 0.480. The van der Waals surface area contributed by atoms with Crippen LogP contribution in [0.1, 0.15) is 0 Å². The summed E-state index contributed by atoms with van der Waals surface area (Å²) in [5, 5.41) is 0. The Bertz CT molecular complexity index is 248. The van der Waals surface area contributed by atoms with E-state index in [-0.39, 0.29) is 17.9 Å². The van der Waals surface area contributed by atoms with Crippen LogP contribution < -0.4 is 0 Å². The minimum absolute atomic E-state index is 0.102. The number of imide groups is 1. The van der Waals surface area contributed by atoms with Crippen LogP contribution in [0.3, 0.4) is 0 Å². The van der Waals surface area contributed by atoms with Crippen LogP contribution in [-0.2, 0) is 9.59 Å². The Hall–Kier alpha value is -1.16. The molecule has 0 saturated carbocycles. The van der Waals surface area contributed by atoms with Crippen molar-refractivity contribution >= 4 is 11.8 Å². The van der Waals surface area contributed by atoms with Crippen LogP contribution in [0.4, 0.5) is 0 Å². The molecule has 2 aliphatic heterocycles. The lowest BCUT2D eigenvalue weighted by Crippen LogP contribution is -2.59. The highest BCUT2D eigenvalue weighted by Crippen LogP contribution is 2.16. The van der Waals surface area contributed by atoms with Gasteiger partial charge in [0.2, 0.25) is 0 Å². The number of carbonyl (C=O) groups is 2. The van der Waals surface area contributed by atoms with Crippen molar-refractivity contribution in [2.45, 2.75) is 6.04 Å². The van der Waals surface area contributed by atoms with E-state index >= 15 is 0 Å². The van der Waals surface area contributed by atoms with Gasteiger partial charge in [-0.1, -0.05) is 0 Å². The molecule has 2 amide bonds. The van der Waals surface area contributed by atoms with Crippen molar-refractivity contribution in [3.8, 4) is 0 Å². The summed E-state index contributed by atoms with van der Waals surface area (Å²) < 4.78 is 0. The minimum atomic E-state index is -0.168. The van der Waals surface area contributed by atoms with Crippen LogP contribution in [0, 0.1) is 0 Å². The van der Waals surface area contributed by atoms with Gasteiger partial charge in [-0.05, 0) is 7.05 Å². The second-order valence-electron chi connectivity index (χ2n) is 3.25. The molecule has 1 saturated heterocycles. The molecule has 4 nitrogen and oxygen atoms in total. The van der Waals surface area contributed by atoms with E-state index in [2.05, 4.69) is 4.90 Å². The molecule has 2 rings (SSSR count). The van der Waals surface area contributed by atoms with Crippen LogP contribution >= 0.6 is 0 Å². The van der Waals surface area contributed by atoms with Crippen molar-refractivity contribution in [1.82, 2.24) is 9.80 Å². The lowest BCUT2D eigenvalue weighted by molar-refractivity contribution is -0.142. The minimum Gasteiger partial charge on any atom is -0.302 e. The lowest BCUT2D eigenvalue weighted by atomic mass is 10.1. The molecule has 0 unspecified atom stereocenters. The lowest BCUT2D eigenvalue weighted by Gasteiger charge is -2.40. The Labute approximate surface area is 70.4 Å². The van der Waals surface area contributed by atoms with Crippen molar-refractivity contribution < 1.29 is 9.59 Å². The highest BCUT2D eigenvalue weighted by atomic mass is 16.2. The summed E-state index contributed by atoms with van der Waals surface area (Å²) in [6.45, 7) is 1.61. The Morgan fingerprint density at radius 3 is 2.17 bits per heavy atom. The maximum Gasteiger partial charge on any atom is 0.253 e. The van der Waals surface area contributed by atoms with Crippen molar-refractivity contribution in [3.63, 3.8) is 0 Å². The molecule has 1 fully saturated rings. The first-order valence-corrected chi connectivity index (χ1v) is 3.92. The molecule has 2 heterocycles. The number of hydrogen-bond donors (Lipinski definition) is 0. The van der Waals surface area contributed by atoms with Crippen molar-refractivity contribution in [2.24, 2.45) is 0 Å². The first-order chi connectivity index (χ1) is 5.68. The van der Waals surface area contributed by atoms with Gasteiger partial charge in [0.05, 0.1) is 6.04 Å². The van der Waals surface area contributed by atoms with Crippen LogP contribution in [0.15, 0.2) is 12.2 Å². The van der Waals surface area contributed by atoms with Crippen LogP contribution in [-0.4, -0.2) is 47.8 Å². The number of carbonyl (C=O) groups excluding carboxylic acids is 2. The van der Waals surface area contributed by atoms with Gasteiger partial charge in [-0.3, -0.25) is 14.5 Å². The van der Waals surface area contributed by atoms with E-state index in [4.69, 9.17) is 0 Å². The van der Waals surface area contributed by atoms with E-state index in [1.54, 1.807) is 0 Å². The molecule has 0 bridgehead atoms. The smallest absolute Gasteiger partial charge is 0.253 e. The van der Waals surface area contributed by atoms with Crippen molar-refractivity contribution in [1.29, 1.82) is 0 Å². The summed E-state index contributed by atoms with van der Waals surface area (Å²) in [7, 11) is 1.97. The number of amides is 2. The number of hydrogen-bond acceptors (Lipinski definition) is 3. The maximum atomic E-state index is 11.1. The SMILES string of the molecule is CN1CC(N2C(=O)C=CC2=O)C1. The number of likely N-dealkylation sites (tertiary alicyclic amines) is 1. The molecular formula is C8H10N2O2. The number of nitrogens with zero attached hydrogens (tertiary/aromatic N) is 2. The molecule has 0 spiro atoms. The molecule has 12 heavy (non-hydrogen) atoms. The summed E-state index contributed by atoms with van der Waals surface area (Å²) in [6.07, 6.45) is 2.67. The fraction of sp³-hybridized carbons (Fsp3) is 0.500. The Morgan fingerprint density at radius 2 is 1.75 bits per heavy atom. The van der Waals surface area contributed by atoms with Crippen molar-refractivity contribution in [3.05, 3.63) is 12.2 Å². The normalized spacial score (nSPS) is 25.2. The zero-order chi connectivity index (χ0) is 8.72. The van der Waals surface area contributed by atoms with Gasteiger partial charge in [-0.2, -0.15) is 0 Å². The summed E-state index contributed by atoms with van der Waals surface area (Å²) in [5.74, 6) is -0.337. The molecule has 0 aliphatic carbocycles. The van der Waals surface area contributed by atoms with Crippen LogP contribution in [0.5, 0.6) is 0 Å². The van der Waals surface area contributed by atoms with Gasteiger partial charge in [0.1, 0.15) is 0 Å². The average molecular weight is 166 g/mol. The zero-order valence-corrected chi connectivity index (χ0v) is 6.86. The highest BCUT2D eigenvalue weighted by molar-refractivity contribution is 6.13. The van der Waals surface area contributed by atoms with E-state index in [0.29, 0.717) is 0 Å². The molecule has 0 radical (unpaired) electrons. The average Bonchev–Trinajstić information content (AvgIpc) is 2.26. The fourth-order valence-corrected chi connectivity index (χ4v) is 1.60. The molecule has 0 aromatic carbocycles. The number of rotatable bonds is 1. The summed E-state index contributed by atoms with van der Waals surface area (Å²) in [6, 6.07) is 0.102. The molecule has 0 aromatic heterocycles. The molecule has 2 aliphatic rings. The molecule has 64 valence electrons. The van der Waals surface area contributed by atoms with E-state index in [1.807, 2.05) is 7.05 Å². The van der Waals surface area contributed by atoms with E-state index in [0.717, 1.165) is 13.1 Å². The Kier molecular flexibility index (Phi) is 1.51. The third-order valence-corrected chi connectivity index (χ3v) is 2.25. The van der Waals surface area contributed by atoms with E-state index < -0.39 is 0 Å². The molecule has 0 aromatic rings.